The molecule has 0 aliphatic carbocycles. The third-order valence-corrected chi connectivity index (χ3v) is 5.98. The van der Waals surface area contributed by atoms with Crippen LogP contribution in [0.1, 0.15) is 47.2 Å². The SMILES string of the molecule is CCOC(=O)c1nn(-c2cccc(C)c2)c(=O)c2c(NC(=O)c3ccc(OC(C)C)cc3)scc12. The van der Waals surface area contributed by atoms with E-state index in [2.05, 4.69) is 10.4 Å². The Morgan fingerprint density at radius 2 is 1.89 bits per heavy atom. The van der Waals surface area contributed by atoms with Crippen LogP contribution in [0.5, 0.6) is 5.75 Å². The highest BCUT2D eigenvalue weighted by atomic mass is 32.1. The summed E-state index contributed by atoms with van der Waals surface area (Å²) in [5, 5.41) is 9.63. The number of anilines is 1. The van der Waals surface area contributed by atoms with Crippen LogP contribution < -0.4 is 15.6 Å². The third kappa shape index (κ3) is 5.09. The zero-order chi connectivity index (χ0) is 25.1. The summed E-state index contributed by atoms with van der Waals surface area (Å²) in [6, 6.07) is 14.0. The van der Waals surface area contributed by atoms with E-state index in [9.17, 15) is 14.4 Å². The van der Waals surface area contributed by atoms with Crippen LogP contribution in [0.3, 0.4) is 0 Å². The number of esters is 1. The van der Waals surface area contributed by atoms with Gasteiger partial charge in [-0.3, -0.25) is 9.59 Å². The molecule has 0 saturated heterocycles. The maximum atomic E-state index is 13.5. The van der Waals surface area contributed by atoms with E-state index in [1.54, 1.807) is 54.8 Å². The fraction of sp³-hybridized carbons (Fsp3) is 0.231. The van der Waals surface area contributed by atoms with Crippen molar-refractivity contribution < 1.29 is 19.1 Å². The van der Waals surface area contributed by atoms with Crippen molar-refractivity contribution in [2.24, 2.45) is 0 Å². The number of ether oxygens (including phenoxy) is 2. The van der Waals surface area contributed by atoms with Gasteiger partial charge in [-0.1, -0.05) is 12.1 Å². The van der Waals surface area contributed by atoms with Gasteiger partial charge in [-0.2, -0.15) is 9.78 Å². The number of carbonyl (C=O) groups is 2. The highest BCUT2D eigenvalue weighted by Gasteiger charge is 2.23. The molecule has 0 unspecified atom stereocenters. The fourth-order valence-corrected chi connectivity index (χ4v) is 4.49. The number of amides is 1. The molecule has 2 aromatic heterocycles. The number of thiophene rings is 1. The van der Waals surface area contributed by atoms with Crippen molar-refractivity contribution in [3.63, 3.8) is 0 Å². The van der Waals surface area contributed by atoms with E-state index in [1.807, 2.05) is 26.8 Å². The number of aromatic nitrogens is 2. The van der Waals surface area contributed by atoms with Crippen LogP contribution in [0.25, 0.3) is 16.5 Å². The molecule has 0 spiro atoms. The lowest BCUT2D eigenvalue weighted by Gasteiger charge is -2.11. The Kier molecular flexibility index (Phi) is 6.97. The summed E-state index contributed by atoms with van der Waals surface area (Å²) >= 11 is 1.15. The van der Waals surface area contributed by atoms with Gasteiger partial charge >= 0.3 is 5.97 Å². The number of nitrogens with one attached hydrogen (secondary N) is 1. The van der Waals surface area contributed by atoms with Gasteiger partial charge in [0.2, 0.25) is 0 Å². The Hall–Kier alpha value is -3.98. The summed E-state index contributed by atoms with van der Waals surface area (Å²) in [7, 11) is 0. The molecule has 0 aliphatic heterocycles. The highest BCUT2D eigenvalue weighted by molar-refractivity contribution is 7.16. The molecule has 2 heterocycles. The maximum Gasteiger partial charge on any atom is 0.359 e. The lowest BCUT2D eigenvalue weighted by molar-refractivity contribution is 0.0520. The molecule has 0 aliphatic rings. The summed E-state index contributed by atoms with van der Waals surface area (Å²) in [5.41, 5.74) is 1.40. The molecule has 2 aromatic carbocycles. The van der Waals surface area contributed by atoms with Crippen LogP contribution in [-0.4, -0.2) is 34.4 Å². The van der Waals surface area contributed by atoms with Crippen molar-refractivity contribution in [3.05, 3.63) is 81.1 Å². The Morgan fingerprint density at radius 1 is 1.14 bits per heavy atom. The molecule has 9 heteroatoms. The molecule has 0 bridgehead atoms. The summed E-state index contributed by atoms with van der Waals surface area (Å²) in [6.07, 6.45) is 0.0185. The standard InChI is InChI=1S/C26H25N3O5S/c1-5-33-26(32)22-20-14-35-24(27-23(30)17-9-11-19(12-10-17)34-15(2)3)21(20)25(31)29(28-22)18-8-6-7-16(4)13-18/h6-15H,5H2,1-4H3,(H,27,30). The van der Waals surface area contributed by atoms with Gasteiger partial charge in [0.1, 0.15) is 10.8 Å². The van der Waals surface area contributed by atoms with Gasteiger partial charge < -0.3 is 14.8 Å². The van der Waals surface area contributed by atoms with E-state index < -0.39 is 11.5 Å². The number of fused-ring (bicyclic) bond motifs is 1. The quantitative estimate of drug-likeness (QED) is 0.367. The van der Waals surface area contributed by atoms with Crippen molar-refractivity contribution in [1.29, 1.82) is 0 Å². The largest absolute Gasteiger partial charge is 0.491 e. The molecule has 180 valence electrons. The molecular formula is C26H25N3O5S. The predicted molar refractivity (Wildman–Crippen MR) is 136 cm³/mol. The van der Waals surface area contributed by atoms with Crippen LogP contribution >= 0.6 is 11.3 Å². The molecule has 35 heavy (non-hydrogen) atoms. The van der Waals surface area contributed by atoms with E-state index in [0.717, 1.165) is 16.9 Å². The average Bonchev–Trinajstić information content (AvgIpc) is 3.23. The third-order valence-electron chi connectivity index (χ3n) is 5.08. The second kappa shape index (κ2) is 10.1. The minimum atomic E-state index is -0.643. The molecule has 0 atom stereocenters. The van der Waals surface area contributed by atoms with Crippen LogP contribution in [0.4, 0.5) is 5.00 Å². The lowest BCUT2D eigenvalue weighted by atomic mass is 10.2. The molecule has 8 nitrogen and oxygen atoms in total. The van der Waals surface area contributed by atoms with Crippen LogP contribution in [0.15, 0.2) is 58.7 Å². The fourth-order valence-electron chi connectivity index (χ4n) is 3.56. The zero-order valence-corrected chi connectivity index (χ0v) is 20.6. The predicted octanol–water partition coefficient (Wildman–Crippen LogP) is 4.97. The molecule has 1 amide bonds. The van der Waals surface area contributed by atoms with Crippen LogP contribution in [0.2, 0.25) is 0 Å². The summed E-state index contributed by atoms with van der Waals surface area (Å²) in [5.74, 6) is -0.375. The first-order chi connectivity index (χ1) is 16.8. The van der Waals surface area contributed by atoms with Gasteiger partial charge in [0.15, 0.2) is 5.69 Å². The second-order valence-corrected chi connectivity index (χ2v) is 9.00. The second-order valence-electron chi connectivity index (χ2n) is 8.12. The molecule has 0 saturated carbocycles. The highest BCUT2D eigenvalue weighted by Crippen LogP contribution is 2.31. The van der Waals surface area contributed by atoms with Crippen LogP contribution in [0, 0.1) is 6.92 Å². The maximum absolute atomic E-state index is 13.5. The minimum absolute atomic E-state index is 0.00916. The van der Waals surface area contributed by atoms with Crippen molar-refractivity contribution in [3.8, 4) is 11.4 Å². The molecule has 4 rings (SSSR count). The van der Waals surface area contributed by atoms with E-state index in [-0.39, 0.29) is 29.7 Å². The Labute approximate surface area is 206 Å². The number of hydrogen-bond donors (Lipinski definition) is 1. The van der Waals surface area contributed by atoms with Gasteiger partial charge in [0.05, 0.1) is 23.8 Å². The molecule has 4 aromatic rings. The molecule has 0 radical (unpaired) electrons. The van der Waals surface area contributed by atoms with E-state index in [4.69, 9.17) is 9.47 Å². The summed E-state index contributed by atoms with van der Waals surface area (Å²) in [4.78, 5) is 39.2. The first-order valence-corrected chi connectivity index (χ1v) is 12.0. The summed E-state index contributed by atoms with van der Waals surface area (Å²) in [6.45, 7) is 7.60. The van der Waals surface area contributed by atoms with Crippen molar-refractivity contribution in [2.45, 2.75) is 33.8 Å². The van der Waals surface area contributed by atoms with Gasteiger partial charge in [0.25, 0.3) is 11.5 Å². The number of hydrogen-bond acceptors (Lipinski definition) is 7. The molecule has 1 N–H and O–H groups in total. The normalized spacial score (nSPS) is 11.0. The van der Waals surface area contributed by atoms with E-state index >= 15 is 0 Å². The zero-order valence-electron chi connectivity index (χ0n) is 19.8. The number of benzene rings is 2. The van der Waals surface area contributed by atoms with Crippen molar-refractivity contribution in [2.75, 3.05) is 11.9 Å². The minimum Gasteiger partial charge on any atom is -0.491 e. The lowest BCUT2D eigenvalue weighted by Crippen LogP contribution is -2.25. The number of rotatable bonds is 7. The topological polar surface area (TPSA) is 99.5 Å². The Balaban J connectivity index is 1.78. The van der Waals surface area contributed by atoms with Gasteiger partial charge in [0, 0.05) is 16.3 Å². The van der Waals surface area contributed by atoms with Crippen molar-refractivity contribution >= 4 is 39.0 Å². The van der Waals surface area contributed by atoms with Crippen LogP contribution in [-0.2, 0) is 4.74 Å². The van der Waals surface area contributed by atoms with E-state index in [1.165, 1.54) is 4.68 Å². The van der Waals surface area contributed by atoms with Gasteiger partial charge in [-0.15, -0.1) is 11.3 Å². The van der Waals surface area contributed by atoms with Crippen molar-refractivity contribution in [1.82, 2.24) is 9.78 Å². The number of aryl methyl sites for hydroxylation is 1. The molecule has 0 fully saturated rings. The number of nitrogens with zero attached hydrogens (tertiary/aromatic N) is 2. The first kappa shape index (κ1) is 24.2. The smallest absolute Gasteiger partial charge is 0.359 e. The van der Waals surface area contributed by atoms with E-state index in [0.29, 0.717) is 27.4 Å². The molecular weight excluding hydrogens is 466 g/mol. The van der Waals surface area contributed by atoms with Gasteiger partial charge in [-0.25, -0.2) is 4.79 Å². The summed E-state index contributed by atoms with van der Waals surface area (Å²) < 4.78 is 12.0. The average molecular weight is 492 g/mol. The number of carbonyl (C=O) groups excluding carboxylic acids is 2. The van der Waals surface area contributed by atoms with Gasteiger partial charge in [-0.05, 0) is 69.7 Å². The monoisotopic (exact) mass is 491 g/mol. The Bertz CT molecular complexity index is 1450. The first-order valence-electron chi connectivity index (χ1n) is 11.1. The Morgan fingerprint density at radius 3 is 2.54 bits per heavy atom.